The van der Waals surface area contributed by atoms with Gasteiger partial charge in [-0.3, -0.25) is 14.2 Å². The van der Waals surface area contributed by atoms with Crippen molar-refractivity contribution in [1.29, 1.82) is 0 Å². The topological polar surface area (TPSA) is 85.1 Å². The Morgan fingerprint density at radius 2 is 2.00 bits per heavy atom. The van der Waals surface area contributed by atoms with Crippen LogP contribution in [0.5, 0.6) is 0 Å². The quantitative estimate of drug-likeness (QED) is 0.627. The van der Waals surface area contributed by atoms with Gasteiger partial charge in [-0.25, -0.2) is 15.0 Å². The minimum absolute atomic E-state index is 0.326. The number of rotatable bonds is 3. The van der Waals surface area contributed by atoms with Crippen LogP contribution in [0.3, 0.4) is 0 Å². The molecule has 4 rings (SSSR count). The van der Waals surface area contributed by atoms with Gasteiger partial charge in [0.2, 0.25) is 0 Å². The van der Waals surface area contributed by atoms with Crippen molar-refractivity contribution in [2.24, 2.45) is 0 Å². The maximum absolute atomic E-state index is 12.6. The Balaban J connectivity index is 1.80. The molecule has 116 valence electrons. The third-order valence-corrected chi connectivity index (χ3v) is 3.51. The van der Waals surface area contributed by atoms with E-state index in [4.69, 9.17) is 0 Å². The molecule has 0 aliphatic heterocycles. The zero-order valence-corrected chi connectivity index (χ0v) is 12.5. The molecule has 4 aromatic heterocycles. The SMILES string of the molecule is O=C(Nc1ccncn1)c1nc(-c2cccnc2)n2ccccc12. The van der Waals surface area contributed by atoms with Crippen LogP contribution in [0.15, 0.2) is 67.5 Å². The number of aromatic nitrogens is 5. The van der Waals surface area contributed by atoms with Crippen molar-refractivity contribution < 1.29 is 4.79 Å². The first kappa shape index (κ1) is 14.0. The van der Waals surface area contributed by atoms with Crippen molar-refractivity contribution >= 4 is 17.2 Å². The minimum atomic E-state index is -0.326. The number of anilines is 1. The van der Waals surface area contributed by atoms with Crippen LogP contribution >= 0.6 is 0 Å². The highest BCUT2D eigenvalue weighted by Crippen LogP contribution is 2.22. The minimum Gasteiger partial charge on any atom is -0.305 e. The van der Waals surface area contributed by atoms with E-state index < -0.39 is 0 Å². The molecule has 0 bridgehead atoms. The smallest absolute Gasteiger partial charge is 0.277 e. The molecule has 1 amide bonds. The fourth-order valence-corrected chi connectivity index (χ4v) is 2.44. The van der Waals surface area contributed by atoms with E-state index in [1.54, 1.807) is 24.7 Å². The average Bonchev–Trinajstić information content (AvgIpc) is 3.03. The molecule has 0 fully saturated rings. The van der Waals surface area contributed by atoms with Crippen molar-refractivity contribution in [1.82, 2.24) is 24.3 Å². The summed E-state index contributed by atoms with van der Waals surface area (Å²) < 4.78 is 1.87. The Hall–Kier alpha value is -3.61. The second-order valence-electron chi connectivity index (χ2n) is 5.03. The number of nitrogens with zero attached hydrogens (tertiary/aromatic N) is 5. The molecule has 24 heavy (non-hydrogen) atoms. The van der Waals surface area contributed by atoms with Gasteiger partial charge in [0.15, 0.2) is 5.69 Å². The van der Waals surface area contributed by atoms with E-state index in [2.05, 4.69) is 25.3 Å². The van der Waals surface area contributed by atoms with Crippen LogP contribution in [0, 0.1) is 0 Å². The molecule has 0 saturated heterocycles. The molecule has 0 aromatic carbocycles. The molecule has 0 saturated carbocycles. The third-order valence-electron chi connectivity index (χ3n) is 3.51. The summed E-state index contributed by atoms with van der Waals surface area (Å²) in [6.07, 6.45) is 8.22. The van der Waals surface area contributed by atoms with Crippen LogP contribution in [0.4, 0.5) is 5.82 Å². The van der Waals surface area contributed by atoms with E-state index >= 15 is 0 Å². The number of carbonyl (C=O) groups excluding carboxylic acids is 1. The predicted octanol–water partition coefficient (Wildman–Crippen LogP) is 2.44. The number of hydrogen-bond acceptors (Lipinski definition) is 5. The lowest BCUT2D eigenvalue weighted by molar-refractivity contribution is 0.102. The van der Waals surface area contributed by atoms with Gasteiger partial charge < -0.3 is 5.32 Å². The summed E-state index contributed by atoms with van der Waals surface area (Å²) in [6.45, 7) is 0. The zero-order valence-electron chi connectivity index (χ0n) is 12.5. The molecule has 0 atom stereocenters. The lowest BCUT2D eigenvalue weighted by atomic mass is 10.3. The zero-order chi connectivity index (χ0) is 16.4. The van der Waals surface area contributed by atoms with Gasteiger partial charge >= 0.3 is 0 Å². The highest BCUT2D eigenvalue weighted by atomic mass is 16.2. The van der Waals surface area contributed by atoms with E-state index in [0.717, 1.165) is 5.56 Å². The summed E-state index contributed by atoms with van der Waals surface area (Å²) in [5, 5.41) is 2.73. The summed E-state index contributed by atoms with van der Waals surface area (Å²) in [7, 11) is 0. The molecule has 7 heteroatoms. The average molecular weight is 316 g/mol. The van der Waals surface area contributed by atoms with E-state index in [0.29, 0.717) is 22.9 Å². The lowest BCUT2D eigenvalue weighted by Crippen LogP contribution is -2.13. The monoisotopic (exact) mass is 316 g/mol. The number of hydrogen-bond donors (Lipinski definition) is 1. The van der Waals surface area contributed by atoms with Gasteiger partial charge in [0.25, 0.3) is 5.91 Å². The Labute approximate surface area is 137 Å². The number of nitrogens with one attached hydrogen (secondary N) is 1. The van der Waals surface area contributed by atoms with Crippen molar-refractivity contribution in [2.75, 3.05) is 5.32 Å². The Morgan fingerprint density at radius 1 is 1.04 bits per heavy atom. The molecule has 7 nitrogen and oxygen atoms in total. The van der Waals surface area contributed by atoms with Gasteiger partial charge in [-0.05, 0) is 30.3 Å². The molecule has 4 heterocycles. The molecule has 0 aliphatic carbocycles. The van der Waals surface area contributed by atoms with Gasteiger partial charge in [0.05, 0.1) is 5.52 Å². The highest BCUT2D eigenvalue weighted by Gasteiger charge is 2.18. The van der Waals surface area contributed by atoms with Crippen molar-refractivity contribution in [3.63, 3.8) is 0 Å². The number of carbonyl (C=O) groups is 1. The van der Waals surface area contributed by atoms with E-state index in [1.807, 2.05) is 40.9 Å². The number of fused-ring (bicyclic) bond motifs is 1. The third kappa shape index (κ3) is 2.48. The van der Waals surface area contributed by atoms with Gasteiger partial charge in [-0.2, -0.15) is 0 Å². The molecular formula is C17H12N6O. The lowest BCUT2D eigenvalue weighted by Gasteiger charge is -2.01. The first-order valence-electron chi connectivity index (χ1n) is 7.28. The van der Waals surface area contributed by atoms with Gasteiger partial charge in [0, 0.05) is 30.4 Å². The van der Waals surface area contributed by atoms with Crippen LogP contribution in [-0.4, -0.2) is 30.2 Å². The van der Waals surface area contributed by atoms with E-state index in [-0.39, 0.29) is 5.91 Å². The maximum atomic E-state index is 12.6. The Morgan fingerprint density at radius 3 is 2.79 bits per heavy atom. The number of imidazole rings is 1. The van der Waals surface area contributed by atoms with Crippen molar-refractivity contribution in [3.8, 4) is 11.4 Å². The second-order valence-corrected chi connectivity index (χ2v) is 5.03. The van der Waals surface area contributed by atoms with Gasteiger partial charge in [-0.15, -0.1) is 0 Å². The molecule has 0 spiro atoms. The number of pyridine rings is 2. The molecule has 1 N–H and O–H groups in total. The standard InChI is InChI=1S/C17H12N6O/c24-17(21-14-6-8-19-11-20-14)15-13-5-1-2-9-23(13)16(22-15)12-4-3-7-18-10-12/h1-11H,(H,19,20,21,24). The molecule has 0 radical (unpaired) electrons. The normalized spacial score (nSPS) is 10.7. The highest BCUT2D eigenvalue weighted by molar-refractivity contribution is 6.07. The van der Waals surface area contributed by atoms with Gasteiger partial charge in [0.1, 0.15) is 18.0 Å². The Bertz CT molecular complexity index is 997. The summed E-state index contributed by atoms with van der Waals surface area (Å²) in [5.74, 6) is 0.758. The van der Waals surface area contributed by atoms with Crippen LogP contribution in [0.1, 0.15) is 10.5 Å². The van der Waals surface area contributed by atoms with Crippen LogP contribution in [0.2, 0.25) is 0 Å². The first-order chi connectivity index (χ1) is 11.8. The second kappa shape index (κ2) is 5.88. The largest absolute Gasteiger partial charge is 0.305 e. The predicted molar refractivity (Wildman–Crippen MR) is 88.4 cm³/mol. The molecule has 0 aliphatic rings. The van der Waals surface area contributed by atoms with Crippen LogP contribution < -0.4 is 5.32 Å². The van der Waals surface area contributed by atoms with Crippen LogP contribution in [0.25, 0.3) is 16.9 Å². The fraction of sp³-hybridized carbons (Fsp3) is 0. The summed E-state index contributed by atoms with van der Waals surface area (Å²) in [5.41, 5.74) is 1.87. The molecule has 4 aromatic rings. The van der Waals surface area contributed by atoms with E-state index in [1.165, 1.54) is 6.33 Å². The van der Waals surface area contributed by atoms with Gasteiger partial charge in [-0.1, -0.05) is 6.07 Å². The summed E-state index contributed by atoms with van der Waals surface area (Å²) >= 11 is 0. The summed E-state index contributed by atoms with van der Waals surface area (Å²) in [6, 6.07) is 11.0. The van der Waals surface area contributed by atoms with Crippen molar-refractivity contribution in [2.45, 2.75) is 0 Å². The summed E-state index contributed by atoms with van der Waals surface area (Å²) in [4.78, 5) is 29.1. The maximum Gasteiger partial charge on any atom is 0.277 e. The van der Waals surface area contributed by atoms with E-state index in [9.17, 15) is 4.79 Å². The first-order valence-corrected chi connectivity index (χ1v) is 7.28. The Kier molecular flexibility index (Phi) is 3.43. The van der Waals surface area contributed by atoms with Crippen LogP contribution in [-0.2, 0) is 0 Å². The van der Waals surface area contributed by atoms with Crippen molar-refractivity contribution in [3.05, 3.63) is 73.2 Å². The fourth-order valence-electron chi connectivity index (χ4n) is 2.44. The molecular weight excluding hydrogens is 304 g/mol. The number of amides is 1. The molecule has 0 unspecified atom stereocenters.